The number of sulfonamides is 1. The topological polar surface area (TPSA) is 156 Å². The highest BCUT2D eigenvalue weighted by atomic mass is 32.2. The van der Waals surface area contributed by atoms with Gasteiger partial charge in [0.05, 0.1) is 16.6 Å². The molecule has 1 unspecified atom stereocenters. The van der Waals surface area contributed by atoms with Crippen LogP contribution in [0.1, 0.15) is 19.8 Å². The van der Waals surface area contributed by atoms with Crippen LogP contribution in [0.15, 0.2) is 58.3 Å². The maximum Gasteiger partial charge on any atom is 0.303 e. The van der Waals surface area contributed by atoms with E-state index in [1.807, 2.05) is 0 Å². The SMILES string of the molecule is CC(Sc1cccc(NC(=O)CCC(=O)O)c1)C(=O)Nc1ccc(S(N)(=O)=O)cc1. The van der Waals surface area contributed by atoms with E-state index >= 15 is 0 Å². The molecule has 0 saturated heterocycles. The number of amides is 2. The first-order valence-corrected chi connectivity index (χ1v) is 11.2. The van der Waals surface area contributed by atoms with Crippen LogP contribution in [0.2, 0.25) is 0 Å². The predicted molar refractivity (Wildman–Crippen MR) is 114 cm³/mol. The summed E-state index contributed by atoms with van der Waals surface area (Å²) in [4.78, 5) is 35.4. The number of carbonyl (C=O) groups is 3. The second kappa shape index (κ2) is 10.2. The number of carboxylic acids is 1. The minimum atomic E-state index is -3.80. The third-order valence-electron chi connectivity index (χ3n) is 3.82. The first-order chi connectivity index (χ1) is 14.0. The molecule has 2 aromatic rings. The van der Waals surface area contributed by atoms with Crippen molar-refractivity contribution in [3.8, 4) is 0 Å². The molecule has 0 aliphatic carbocycles. The second-order valence-corrected chi connectivity index (χ2v) is 9.26. The average molecular weight is 452 g/mol. The molecule has 0 spiro atoms. The molecule has 2 rings (SSSR count). The van der Waals surface area contributed by atoms with E-state index in [0.29, 0.717) is 11.4 Å². The van der Waals surface area contributed by atoms with Gasteiger partial charge in [-0.3, -0.25) is 14.4 Å². The van der Waals surface area contributed by atoms with Crippen LogP contribution >= 0.6 is 11.8 Å². The van der Waals surface area contributed by atoms with Gasteiger partial charge < -0.3 is 15.7 Å². The fraction of sp³-hybridized carbons (Fsp3) is 0.211. The first-order valence-electron chi connectivity index (χ1n) is 8.76. The summed E-state index contributed by atoms with van der Waals surface area (Å²) in [6.45, 7) is 1.71. The van der Waals surface area contributed by atoms with Crippen molar-refractivity contribution in [3.63, 3.8) is 0 Å². The quantitative estimate of drug-likeness (QED) is 0.426. The number of hydrogen-bond donors (Lipinski definition) is 4. The molecule has 9 nitrogen and oxygen atoms in total. The second-order valence-electron chi connectivity index (χ2n) is 6.29. The van der Waals surface area contributed by atoms with E-state index in [4.69, 9.17) is 10.2 Å². The van der Waals surface area contributed by atoms with E-state index in [1.165, 1.54) is 36.0 Å². The minimum Gasteiger partial charge on any atom is -0.481 e. The van der Waals surface area contributed by atoms with E-state index in [1.54, 1.807) is 31.2 Å². The standard InChI is InChI=1S/C19H21N3O6S2/c1-12(19(26)22-13-5-7-16(8-6-13)30(20,27)28)29-15-4-2-3-14(11-15)21-17(23)9-10-18(24)25/h2-8,11-12H,9-10H2,1H3,(H,21,23)(H,22,26)(H,24,25)(H2,20,27,28). The molecule has 0 saturated carbocycles. The average Bonchev–Trinajstić information content (AvgIpc) is 2.66. The Hall–Kier alpha value is -2.89. The number of aliphatic carboxylic acids is 1. The lowest BCUT2D eigenvalue weighted by Gasteiger charge is -2.13. The molecule has 2 amide bonds. The van der Waals surface area contributed by atoms with Gasteiger partial charge in [-0.25, -0.2) is 13.6 Å². The smallest absolute Gasteiger partial charge is 0.303 e. The number of carboxylic acid groups (broad SMARTS) is 1. The minimum absolute atomic E-state index is 0.0508. The third-order valence-corrected chi connectivity index (χ3v) is 5.84. The molecule has 1 atom stereocenters. The van der Waals surface area contributed by atoms with Gasteiger partial charge >= 0.3 is 5.97 Å². The zero-order chi connectivity index (χ0) is 22.3. The van der Waals surface area contributed by atoms with Crippen molar-refractivity contribution >= 4 is 50.9 Å². The molecular weight excluding hydrogens is 430 g/mol. The normalized spacial score (nSPS) is 12.1. The number of anilines is 2. The molecule has 0 aliphatic rings. The van der Waals surface area contributed by atoms with E-state index in [-0.39, 0.29) is 23.6 Å². The van der Waals surface area contributed by atoms with E-state index in [0.717, 1.165) is 4.90 Å². The van der Waals surface area contributed by atoms with E-state index in [9.17, 15) is 22.8 Å². The van der Waals surface area contributed by atoms with Gasteiger partial charge in [0.1, 0.15) is 0 Å². The number of thioether (sulfide) groups is 1. The van der Waals surface area contributed by atoms with Crippen molar-refractivity contribution in [1.29, 1.82) is 0 Å². The summed E-state index contributed by atoms with van der Waals surface area (Å²) in [5.41, 5.74) is 0.931. The Labute approximate surface area is 178 Å². The molecule has 0 aromatic heterocycles. The Morgan fingerprint density at radius 1 is 1.03 bits per heavy atom. The number of carbonyl (C=O) groups excluding carboxylic acids is 2. The van der Waals surface area contributed by atoms with Gasteiger partial charge in [-0.2, -0.15) is 0 Å². The summed E-state index contributed by atoms with van der Waals surface area (Å²) in [6.07, 6.45) is -0.384. The molecule has 0 radical (unpaired) electrons. The van der Waals surface area contributed by atoms with Crippen LogP contribution in [0.5, 0.6) is 0 Å². The molecule has 30 heavy (non-hydrogen) atoms. The number of primary sulfonamides is 1. The van der Waals surface area contributed by atoms with Crippen LogP contribution in [0, 0.1) is 0 Å². The molecule has 2 aromatic carbocycles. The Balaban J connectivity index is 1.95. The predicted octanol–water partition coefficient (Wildman–Crippen LogP) is 2.26. The van der Waals surface area contributed by atoms with Crippen molar-refractivity contribution in [2.75, 3.05) is 10.6 Å². The summed E-state index contributed by atoms with van der Waals surface area (Å²) in [5, 5.41) is 18.5. The van der Waals surface area contributed by atoms with Gasteiger partial charge in [-0.15, -0.1) is 11.8 Å². The highest BCUT2D eigenvalue weighted by molar-refractivity contribution is 8.00. The van der Waals surface area contributed by atoms with Crippen LogP contribution < -0.4 is 15.8 Å². The highest BCUT2D eigenvalue weighted by Gasteiger charge is 2.16. The number of nitrogens with two attached hydrogens (primary N) is 1. The van der Waals surface area contributed by atoms with Crippen molar-refractivity contribution in [2.24, 2.45) is 5.14 Å². The largest absolute Gasteiger partial charge is 0.481 e. The molecule has 160 valence electrons. The fourth-order valence-corrected chi connectivity index (χ4v) is 3.76. The monoisotopic (exact) mass is 451 g/mol. The molecule has 0 fully saturated rings. The molecule has 0 aliphatic heterocycles. The summed E-state index contributed by atoms with van der Waals surface area (Å²) in [5.74, 6) is -1.75. The van der Waals surface area contributed by atoms with Gasteiger partial charge in [-0.1, -0.05) is 6.07 Å². The first kappa shape index (κ1) is 23.4. The third kappa shape index (κ3) is 7.50. The van der Waals surface area contributed by atoms with Crippen molar-refractivity contribution in [2.45, 2.75) is 34.8 Å². The van der Waals surface area contributed by atoms with Crippen LogP contribution in [-0.2, 0) is 24.4 Å². The lowest BCUT2D eigenvalue weighted by atomic mass is 10.2. The summed E-state index contributed by atoms with van der Waals surface area (Å²) in [6, 6.07) is 12.4. The Bertz CT molecular complexity index is 1040. The highest BCUT2D eigenvalue weighted by Crippen LogP contribution is 2.27. The molecule has 0 heterocycles. The van der Waals surface area contributed by atoms with Crippen LogP contribution in [0.4, 0.5) is 11.4 Å². The summed E-state index contributed by atoms with van der Waals surface area (Å²) >= 11 is 1.26. The van der Waals surface area contributed by atoms with Crippen LogP contribution in [0.25, 0.3) is 0 Å². The zero-order valence-electron chi connectivity index (χ0n) is 16.0. The van der Waals surface area contributed by atoms with Gasteiger partial charge in [0, 0.05) is 22.7 Å². The van der Waals surface area contributed by atoms with Crippen molar-refractivity contribution in [3.05, 3.63) is 48.5 Å². The lowest BCUT2D eigenvalue weighted by molar-refractivity contribution is -0.138. The Kier molecular flexibility index (Phi) is 7.98. The fourth-order valence-electron chi connectivity index (χ4n) is 2.32. The maximum atomic E-state index is 12.4. The maximum absolute atomic E-state index is 12.4. The van der Waals surface area contributed by atoms with E-state index < -0.39 is 27.1 Å². The van der Waals surface area contributed by atoms with Crippen molar-refractivity contribution < 1.29 is 27.9 Å². The number of rotatable bonds is 9. The Morgan fingerprint density at radius 3 is 2.30 bits per heavy atom. The van der Waals surface area contributed by atoms with Gasteiger partial charge in [0.25, 0.3) is 0 Å². The summed E-state index contributed by atoms with van der Waals surface area (Å²) < 4.78 is 22.5. The molecular formula is C19H21N3O6S2. The summed E-state index contributed by atoms with van der Waals surface area (Å²) in [7, 11) is -3.80. The van der Waals surface area contributed by atoms with Crippen molar-refractivity contribution in [1.82, 2.24) is 0 Å². The molecule has 0 bridgehead atoms. The van der Waals surface area contributed by atoms with Gasteiger partial charge in [0.2, 0.25) is 21.8 Å². The van der Waals surface area contributed by atoms with Gasteiger partial charge in [-0.05, 0) is 49.4 Å². The zero-order valence-corrected chi connectivity index (χ0v) is 17.6. The Morgan fingerprint density at radius 2 is 1.70 bits per heavy atom. The van der Waals surface area contributed by atoms with Gasteiger partial charge in [0.15, 0.2) is 0 Å². The van der Waals surface area contributed by atoms with Crippen LogP contribution in [0.3, 0.4) is 0 Å². The lowest BCUT2D eigenvalue weighted by Crippen LogP contribution is -2.22. The molecule has 11 heteroatoms. The van der Waals surface area contributed by atoms with Crippen LogP contribution in [-0.4, -0.2) is 36.6 Å². The van der Waals surface area contributed by atoms with E-state index in [2.05, 4.69) is 10.6 Å². The number of hydrogen-bond acceptors (Lipinski definition) is 6. The molecule has 5 N–H and O–H groups in total. The number of nitrogens with one attached hydrogen (secondary N) is 2. The number of benzene rings is 2.